The van der Waals surface area contributed by atoms with E-state index in [9.17, 15) is 19.5 Å². The number of benzene rings is 1. The molecule has 0 aliphatic carbocycles. The number of likely N-dealkylation sites (N-methyl/N-ethyl adjacent to an activating group) is 1. The number of carbonyl (C=O) groups is 3. The second kappa shape index (κ2) is 5.41. The van der Waals surface area contributed by atoms with Gasteiger partial charge in [0.25, 0.3) is 17.4 Å². The van der Waals surface area contributed by atoms with Crippen LogP contribution in [0.5, 0.6) is 0 Å². The molecule has 0 bridgehead atoms. The maximum absolute atomic E-state index is 12.6. The van der Waals surface area contributed by atoms with Crippen molar-refractivity contribution in [2.45, 2.75) is 17.9 Å². The number of hydrogen-bond donors (Lipinski definition) is 1. The van der Waals surface area contributed by atoms with Crippen molar-refractivity contribution in [2.75, 3.05) is 20.8 Å². The third-order valence-electron chi connectivity index (χ3n) is 4.16. The Morgan fingerprint density at radius 1 is 1.39 bits per heavy atom. The Hall–Kier alpha value is -2.29. The lowest BCUT2D eigenvalue weighted by molar-refractivity contribution is -0.191. The average molecular weight is 320 g/mol. The zero-order valence-electron chi connectivity index (χ0n) is 12.6. The van der Waals surface area contributed by atoms with Crippen molar-refractivity contribution in [3.8, 4) is 0 Å². The minimum absolute atomic E-state index is 0.0730. The third kappa shape index (κ3) is 2.07. The second-order valence-corrected chi connectivity index (χ2v) is 5.38. The number of carbonyl (C=O) groups excluding carboxylic acids is 3. The molecule has 1 aromatic carbocycles. The average Bonchev–Trinajstić information content (AvgIpc) is 3.10. The van der Waals surface area contributed by atoms with Crippen molar-refractivity contribution in [1.29, 1.82) is 0 Å². The molecule has 0 radical (unpaired) electrons. The lowest BCUT2D eigenvalue weighted by Crippen LogP contribution is -2.57. The van der Waals surface area contributed by atoms with Crippen molar-refractivity contribution in [3.05, 3.63) is 35.9 Å². The molecule has 2 heterocycles. The Bertz CT molecular complexity index is 663. The second-order valence-electron chi connectivity index (χ2n) is 5.38. The van der Waals surface area contributed by atoms with E-state index in [2.05, 4.69) is 4.84 Å². The summed E-state index contributed by atoms with van der Waals surface area (Å²) < 4.78 is 5.52. The molecule has 23 heavy (non-hydrogen) atoms. The lowest BCUT2D eigenvalue weighted by atomic mass is 9.97. The van der Waals surface area contributed by atoms with E-state index < -0.39 is 35.5 Å². The fourth-order valence-corrected chi connectivity index (χ4v) is 2.87. The SMILES string of the molecule is CON(C)C(=O)[C@@]1(O)C(=O)[C@H]2CO[C@H](c3ccccc3)N2C1=O. The van der Waals surface area contributed by atoms with E-state index in [0.29, 0.717) is 10.6 Å². The molecule has 2 aliphatic rings. The Balaban J connectivity index is 1.97. The molecule has 8 heteroatoms. The highest BCUT2D eigenvalue weighted by Crippen LogP contribution is 2.40. The fraction of sp³-hybridized carbons (Fsp3) is 0.400. The third-order valence-corrected chi connectivity index (χ3v) is 4.16. The summed E-state index contributed by atoms with van der Waals surface area (Å²) in [5.74, 6) is -3.00. The molecular formula is C15H16N2O6. The van der Waals surface area contributed by atoms with Crippen LogP contribution in [0.25, 0.3) is 0 Å². The van der Waals surface area contributed by atoms with Crippen LogP contribution in [0.3, 0.4) is 0 Å². The fourth-order valence-electron chi connectivity index (χ4n) is 2.87. The molecule has 2 amide bonds. The molecule has 1 aromatic rings. The number of ether oxygens (including phenoxy) is 1. The quantitative estimate of drug-likeness (QED) is 0.581. The van der Waals surface area contributed by atoms with Crippen LogP contribution in [-0.4, -0.2) is 65.1 Å². The molecule has 0 saturated carbocycles. The summed E-state index contributed by atoms with van der Waals surface area (Å²) in [5, 5.41) is 11.2. The highest BCUT2D eigenvalue weighted by molar-refractivity contribution is 6.31. The summed E-state index contributed by atoms with van der Waals surface area (Å²) in [6, 6.07) is 7.83. The maximum Gasteiger partial charge on any atom is 0.295 e. The van der Waals surface area contributed by atoms with E-state index in [0.717, 1.165) is 4.90 Å². The van der Waals surface area contributed by atoms with Crippen LogP contribution in [0.15, 0.2) is 30.3 Å². The summed E-state index contributed by atoms with van der Waals surface area (Å²) in [6.45, 7) is -0.0730. The Morgan fingerprint density at radius 2 is 2.04 bits per heavy atom. The number of ketones is 1. The molecule has 3 rings (SSSR count). The normalized spacial score (nSPS) is 29.8. The highest BCUT2D eigenvalue weighted by atomic mass is 16.7. The van der Waals surface area contributed by atoms with Crippen LogP contribution >= 0.6 is 0 Å². The van der Waals surface area contributed by atoms with Gasteiger partial charge in [0.2, 0.25) is 5.78 Å². The van der Waals surface area contributed by atoms with Gasteiger partial charge in [-0.1, -0.05) is 30.3 Å². The monoisotopic (exact) mass is 320 g/mol. The number of hydroxylamine groups is 2. The van der Waals surface area contributed by atoms with E-state index in [4.69, 9.17) is 4.74 Å². The minimum Gasteiger partial charge on any atom is -0.366 e. The van der Waals surface area contributed by atoms with Crippen molar-refractivity contribution >= 4 is 17.6 Å². The van der Waals surface area contributed by atoms with Crippen LogP contribution in [0.1, 0.15) is 11.8 Å². The first-order valence-electron chi connectivity index (χ1n) is 7.01. The lowest BCUT2D eigenvalue weighted by Gasteiger charge is -2.26. The predicted molar refractivity (Wildman–Crippen MR) is 75.5 cm³/mol. The summed E-state index contributed by atoms with van der Waals surface area (Å²) in [6.07, 6.45) is -0.813. The minimum atomic E-state index is -2.77. The largest absolute Gasteiger partial charge is 0.366 e. The Morgan fingerprint density at radius 3 is 2.65 bits per heavy atom. The van der Waals surface area contributed by atoms with Gasteiger partial charge in [-0.2, -0.15) is 0 Å². The van der Waals surface area contributed by atoms with Crippen LogP contribution in [0.2, 0.25) is 0 Å². The van der Waals surface area contributed by atoms with Gasteiger partial charge in [-0.25, -0.2) is 5.06 Å². The molecule has 0 spiro atoms. The standard InChI is InChI=1S/C15H16N2O6/c1-16(22-2)13(19)15(21)11(18)10-8-23-12(17(10)14(15)20)9-6-4-3-5-7-9/h3-7,10,12,21H,8H2,1-2H3/t10-,12-,15+/m1/s1. The van der Waals surface area contributed by atoms with Gasteiger partial charge in [-0.05, 0) is 0 Å². The van der Waals surface area contributed by atoms with Gasteiger partial charge in [-0.3, -0.25) is 24.1 Å². The zero-order chi connectivity index (χ0) is 16.8. The first-order chi connectivity index (χ1) is 10.9. The number of rotatable bonds is 3. The van der Waals surface area contributed by atoms with Crippen molar-refractivity contribution < 1.29 is 29.1 Å². The molecule has 1 N–H and O–H groups in total. The van der Waals surface area contributed by atoms with Gasteiger partial charge in [-0.15, -0.1) is 0 Å². The number of aliphatic hydroxyl groups is 1. The van der Waals surface area contributed by atoms with Crippen LogP contribution in [0.4, 0.5) is 0 Å². The van der Waals surface area contributed by atoms with Gasteiger partial charge in [0, 0.05) is 12.6 Å². The highest BCUT2D eigenvalue weighted by Gasteiger charge is 2.67. The molecule has 2 saturated heterocycles. The summed E-state index contributed by atoms with van der Waals surface area (Å²) >= 11 is 0. The molecule has 0 unspecified atom stereocenters. The van der Waals surface area contributed by atoms with Crippen molar-refractivity contribution in [2.24, 2.45) is 0 Å². The molecule has 2 aliphatic heterocycles. The molecule has 2 fully saturated rings. The molecule has 122 valence electrons. The maximum atomic E-state index is 12.6. The predicted octanol–water partition coefficient (Wildman–Crippen LogP) is -0.754. The van der Waals surface area contributed by atoms with Gasteiger partial charge in [0.15, 0.2) is 6.23 Å². The van der Waals surface area contributed by atoms with E-state index >= 15 is 0 Å². The van der Waals surface area contributed by atoms with E-state index in [1.165, 1.54) is 14.2 Å². The Labute approximate surface area is 132 Å². The number of amides is 2. The van der Waals surface area contributed by atoms with Crippen LogP contribution in [-0.2, 0) is 24.0 Å². The topological polar surface area (TPSA) is 96.4 Å². The summed E-state index contributed by atoms with van der Waals surface area (Å²) in [4.78, 5) is 43.1. The van der Waals surface area contributed by atoms with Gasteiger partial charge >= 0.3 is 0 Å². The van der Waals surface area contributed by atoms with E-state index in [1.54, 1.807) is 30.3 Å². The number of fused-ring (bicyclic) bond motifs is 1. The summed E-state index contributed by atoms with van der Waals surface area (Å²) in [7, 11) is 2.41. The summed E-state index contributed by atoms with van der Waals surface area (Å²) in [5.41, 5.74) is -2.11. The van der Waals surface area contributed by atoms with Crippen LogP contribution in [0, 0.1) is 0 Å². The van der Waals surface area contributed by atoms with Crippen molar-refractivity contribution in [3.63, 3.8) is 0 Å². The number of nitrogens with zero attached hydrogens (tertiary/aromatic N) is 2. The van der Waals surface area contributed by atoms with Gasteiger partial charge in [0.1, 0.15) is 6.04 Å². The molecule has 0 aromatic heterocycles. The zero-order valence-corrected chi connectivity index (χ0v) is 12.6. The first kappa shape index (κ1) is 15.6. The molecular weight excluding hydrogens is 304 g/mol. The van der Waals surface area contributed by atoms with Crippen LogP contribution < -0.4 is 0 Å². The smallest absolute Gasteiger partial charge is 0.295 e. The molecule has 3 atom stereocenters. The number of hydrogen-bond acceptors (Lipinski definition) is 6. The number of Topliss-reactive ketones (excluding diaryl/α,β-unsaturated/α-hetero) is 1. The van der Waals surface area contributed by atoms with Gasteiger partial charge in [0.05, 0.1) is 13.7 Å². The molecule has 8 nitrogen and oxygen atoms in total. The van der Waals surface area contributed by atoms with E-state index in [1.807, 2.05) is 0 Å². The van der Waals surface area contributed by atoms with Gasteiger partial charge < -0.3 is 9.84 Å². The van der Waals surface area contributed by atoms with Crippen molar-refractivity contribution in [1.82, 2.24) is 9.96 Å². The van der Waals surface area contributed by atoms with E-state index in [-0.39, 0.29) is 6.61 Å². The Kier molecular flexibility index (Phi) is 3.67. The first-order valence-corrected chi connectivity index (χ1v) is 7.01.